The van der Waals surface area contributed by atoms with Gasteiger partial charge in [-0.3, -0.25) is 19.2 Å². The molecular weight excluding hydrogens is 1140 g/mol. The van der Waals surface area contributed by atoms with Gasteiger partial charge in [0.2, 0.25) is 0 Å². The fourth-order valence-corrected chi connectivity index (χ4v) is 28.9. The molecule has 0 aromatic heterocycles. The van der Waals surface area contributed by atoms with Crippen molar-refractivity contribution >= 4 is 23.9 Å². The molecule has 0 N–H and O–H groups in total. The van der Waals surface area contributed by atoms with E-state index < -0.39 is 0 Å². The Balaban J connectivity index is 0.000000107. The first-order chi connectivity index (χ1) is 43.6. The summed E-state index contributed by atoms with van der Waals surface area (Å²) in [6, 6.07) is 0. The van der Waals surface area contributed by atoms with Crippen molar-refractivity contribution in [1.82, 2.24) is 0 Å². The fourth-order valence-electron chi connectivity index (χ4n) is 28.9. The van der Waals surface area contributed by atoms with Crippen LogP contribution in [0.2, 0.25) is 0 Å². The summed E-state index contributed by atoms with van der Waals surface area (Å²) in [6.45, 7) is 34.3. The van der Waals surface area contributed by atoms with Gasteiger partial charge < -0.3 is 18.9 Å². The molecule has 19 aliphatic rings. The van der Waals surface area contributed by atoms with Gasteiger partial charge in [0.05, 0.1) is 23.7 Å². The molecule has 19 aliphatic carbocycles. The maximum Gasteiger partial charge on any atom is 0.309 e. The lowest BCUT2D eigenvalue weighted by Gasteiger charge is -2.61. The molecule has 8 heteroatoms. The smallest absolute Gasteiger partial charge is 0.309 e. The SMILES string of the molecule is CC1C2CC(C(=O)OC(C)(C)C34CC5CC(CC(C5)C3)C4)C(C2)C1C.CC1C2CC(C(=O)OC(C)(C)C3CC4CCC3C4)C(C2)C1C.CC1C2CC(C(=O)OC(C)(C)C3CCCCC3)C(C2)C1C.CCC1(OC(=O)C2CC3CC2C(C)C3C)C2CC3CC(C2)CC1C3. The van der Waals surface area contributed by atoms with Gasteiger partial charge in [-0.1, -0.05) is 88.0 Å². The molecule has 518 valence electrons. The number of ether oxygens (including phenoxy) is 4. The summed E-state index contributed by atoms with van der Waals surface area (Å²) in [5, 5.41) is 0. The number of fused-ring (bicyclic) bond motifs is 10. The molecule has 0 aromatic carbocycles. The molecule has 8 nitrogen and oxygen atoms in total. The Labute approximate surface area is 560 Å². The van der Waals surface area contributed by atoms with E-state index in [2.05, 4.69) is 104 Å². The average molecular weight is 1270 g/mol. The van der Waals surface area contributed by atoms with E-state index in [9.17, 15) is 19.2 Å². The first-order valence-electron chi connectivity index (χ1n) is 40.5. The fraction of sp³-hybridized carbons (Fsp3) is 0.952. The summed E-state index contributed by atoms with van der Waals surface area (Å²) in [7, 11) is 0. The number of carbonyl (C=O) groups excluding carboxylic acids is 4. The third kappa shape index (κ3) is 11.7. The van der Waals surface area contributed by atoms with Crippen molar-refractivity contribution in [1.29, 1.82) is 0 Å². The minimum absolute atomic E-state index is 0.0960. The maximum atomic E-state index is 13.2. The number of esters is 4. The Hall–Kier alpha value is -2.12. The Bertz CT molecular complexity index is 2620. The molecule has 19 rings (SSSR count). The molecule has 0 aromatic rings. The van der Waals surface area contributed by atoms with Crippen molar-refractivity contribution in [3.05, 3.63) is 0 Å². The number of hydrogen-bond donors (Lipinski definition) is 0. The molecule has 0 spiro atoms. The van der Waals surface area contributed by atoms with Crippen molar-refractivity contribution in [2.24, 2.45) is 189 Å². The van der Waals surface area contributed by atoms with E-state index in [0.29, 0.717) is 71.0 Å². The van der Waals surface area contributed by atoms with Gasteiger partial charge in [-0.15, -0.1) is 0 Å². The molecule has 0 amide bonds. The summed E-state index contributed by atoms with van der Waals surface area (Å²) in [4.78, 5) is 52.0. The van der Waals surface area contributed by atoms with Gasteiger partial charge in [-0.25, -0.2) is 0 Å². The van der Waals surface area contributed by atoms with Crippen LogP contribution < -0.4 is 0 Å². The summed E-state index contributed by atoms with van der Waals surface area (Å²) >= 11 is 0. The zero-order chi connectivity index (χ0) is 65.0. The molecule has 19 fully saturated rings. The Morgan fingerprint density at radius 1 is 0.359 bits per heavy atom. The van der Waals surface area contributed by atoms with Crippen LogP contribution >= 0.6 is 0 Å². The van der Waals surface area contributed by atoms with Gasteiger partial charge in [0.15, 0.2) is 0 Å². The monoisotopic (exact) mass is 1270 g/mol. The van der Waals surface area contributed by atoms with E-state index in [1.165, 1.54) is 154 Å². The van der Waals surface area contributed by atoms with Crippen LogP contribution in [-0.4, -0.2) is 46.3 Å². The van der Waals surface area contributed by atoms with Crippen molar-refractivity contribution < 1.29 is 38.1 Å². The third-order valence-corrected chi connectivity index (χ3v) is 34.8. The normalized spacial score (nSPS) is 50.7. The van der Waals surface area contributed by atoms with Crippen LogP contribution in [0, 0.1) is 189 Å². The highest BCUT2D eigenvalue weighted by Gasteiger charge is 2.63. The minimum atomic E-state index is -0.281. The van der Waals surface area contributed by atoms with Crippen LogP contribution in [0.5, 0.6) is 0 Å². The first-order valence-corrected chi connectivity index (χ1v) is 40.5. The van der Waals surface area contributed by atoms with Gasteiger partial charge in [0.1, 0.15) is 22.4 Å². The largest absolute Gasteiger partial charge is 0.459 e. The molecule has 0 radical (unpaired) electrons. The maximum absolute atomic E-state index is 13.2. The van der Waals surface area contributed by atoms with Crippen LogP contribution in [0.3, 0.4) is 0 Å². The van der Waals surface area contributed by atoms with Gasteiger partial charge in [0.25, 0.3) is 0 Å². The molecule has 18 bridgehead atoms. The molecule has 92 heavy (non-hydrogen) atoms. The second kappa shape index (κ2) is 24.9. The molecule has 19 saturated carbocycles. The van der Waals surface area contributed by atoms with Gasteiger partial charge in [-0.2, -0.15) is 0 Å². The summed E-state index contributed by atoms with van der Waals surface area (Å²) in [5.74, 6) is 21.6. The van der Waals surface area contributed by atoms with E-state index in [1.807, 2.05) is 0 Å². The Kier molecular flexibility index (Phi) is 18.2. The molecule has 0 saturated heterocycles. The van der Waals surface area contributed by atoms with Crippen LogP contribution in [0.25, 0.3) is 0 Å². The van der Waals surface area contributed by atoms with E-state index in [-0.39, 0.29) is 75.4 Å². The summed E-state index contributed by atoms with van der Waals surface area (Å²) < 4.78 is 25.2. The zero-order valence-electron chi connectivity index (χ0n) is 61.2. The number of carbonyl (C=O) groups is 4. The number of rotatable bonds is 12. The van der Waals surface area contributed by atoms with Crippen LogP contribution in [-0.2, 0) is 38.1 Å². The molecular formula is C84H134O8. The molecule has 23 unspecified atom stereocenters. The molecule has 0 heterocycles. The lowest BCUT2D eigenvalue weighted by Crippen LogP contribution is -2.60. The topological polar surface area (TPSA) is 105 Å². The lowest BCUT2D eigenvalue weighted by atomic mass is 9.46. The van der Waals surface area contributed by atoms with E-state index >= 15 is 0 Å². The third-order valence-electron chi connectivity index (χ3n) is 34.8. The second-order valence-electron chi connectivity index (χ2n) is 39.7. The quantitative estimate of drug-likeness (QED) is 0.141. The summed E-state index contributed by atoms with van der Waals surface area (Å²) in [5.41, 5.74) is -0.631. The predicted molar refractivity (Wildman–Crippen MR) is 365 cm³/mol. The predicted octanol–water partition coefficient (Wildman–Crippen LogP) is 20.0. The van der Waals surface area contributed by atoms with Crippen molar-refractivity contribution in [3.8, 4) is 0 Å². The van der Waals surface area contributed by atoms with Gasteiger partial charge in [0, 0.05) is 11.3 Å². The number of hydrogen-bond acceptors (Lipinski definition) is 8. The molecule has 0 aliphatic heterocycles. The highest BCUT2D eigenvalue weighted by molar-refractivity contribution is 5.76. The van der Waals surface area contributed by atoms with E-state index in [4.69, 9.17) is 18.9 Å². The Morgan fingerprint density at radius 3 is 1.10 bits per heavy atom. The van der Waals surface area contributed by atoms with Crippen LogP contribution in [0.15, 0.2) is 0 Å². The highest BCUT2D eigenvalue weighted by atomic mass is 16.6. The van der Waals surface area contributed by atoms with Crippen molar-refractivity contribution in [2.75, 3.05) is 0 Å². The van der Waals surface area contributed by atoms with E-state index in [0.717, 1.165) is 121 Å². The highest BCUT2D eigenvalue weighted by Crippen LogP contribution is 2.67. The zero-order valence-corrected chi connectivity index (χ0v) is 61.2. The van der Waals surface area contributed by atoms with Crippen LogP contribution in [0.4, 0.5) is 0 Å². The lowest BCUT2D eigenvalue weighted by molar-refractivity contribution is -0.216. The van der Waals surface area contributed by atoms with Gasteiger partial charge >= 0.3 is 23.9 Å². The van der Waals surface area contributed by atoms with Crippen molar-refractivity contribution in [2.45, 2.75) is 312 Å². The van der Waals surface area contributed by atoms with Gasteiger partial charge in [-0.05, 0) is 356 Å². The summed E-state index contributed by atoms with van der Waals surface area (Å²) in [6.07, 6.45) is 37.4. The first kappa shape index (κ1) is 67.1. The van der Waals surface area contributed by atoms with E-state index in [1.54, 1.807) is 0 Å². The minimum Gasteiger partial charge on any atom is -0.459 e. The van der Waals surface area contributed by atoms with Crippen LogP contribution in [0.1, 0.15) is 290 Å². The Morgan fingerprint density at radius 2 is 0.739 bits per heavy atom. The average Bonchev–Trinajstić information content (AvgIpc) is 1.24. The second-order valence-corrected chi connectivity index (χ2v) is 39.7. The molecule has 23 atom stereocenters. The van der Waals surface area contributed by atoms with Crippen molar-refractivity contribution in [3.63, 3.8) is 0 Å². The standard InChI is InChI=1S/C23H36O2.C22H34O2.C20H32O2.C19H32O2/c1-13-14(2)19-8-18(13)9-20(19)21(24)25-22(3,4)23-10-15-5-16(11-23)7-17(6-15)12-23;1-4-22(17-6-14-5-15(8-17)9-18(22)7-14)24-21(23)20-11-16-10-19(20)13(3)12(16)2;1-11-12(2)16-9-15(11)10-17(16)19(21)22-20(3,4)18-8-13-5-6-14(18)7-13;1-12-13(2)16-10-14(12)11-17(16)18(20)21-19(3,4)15-8-6-5-7-9-15/h13-20H,5-12H2,1-4H3;12-20H,4-11H2,1-3H3;11-18H,5-10H2,1-4H3;12-17H,5-11H2,1-4H3.